The molecule has 2 aliphatic heterocycles. The predicted octanol–water partition coefficient (Wildman–Crippen LogP) is 3.04. The van der Waals surface area contributed by atoms with Crippen molar-refractivity contribution in [3.05, 3.63) is 46.7 Å². The van der Waals surface area contributed by atoms with Gasteiger partial charge in [-0.05, 0) is 45.7 Å². The summed E-state index contributed by atoms with van der Waals surface area (Å²) < 4.78 is 5.33. The van der Waals surface area contributed by atoms with E-state index >= 15 is 0 Å². The number of likely N-dealkylation sites (tertiary alicyclic amines) is 1. The van der Waals surface area contributed by atoms with E-state index in [4.69, 9.17) is 4.74 Å². The maximum atomic E-state index is 12.8. The van der Waals surface area contributed by atoms with Crippen LogP contribution in [0, 0.1) is 6.92 Å². The summed E-state index contributed by atoms with van der Waals surface area (Å²) in [4.78, 5) is 27.5. The molecule has 0 saturated carbocycles. The van der Waals surface area contributed by atoms with Crippen LogP contribution in [0.4, 0.5) is 4.79 Å². The van der Waals surface area contributed by atoms with Crippen molar-refractivity contribution < 1.29 is 14.3 Å². The van der Waals surface area contributed by atoms with Gasteiger partial charge < -0.3 is 15.4 Å². The fraction of sp³-hybridized carbons (Fsp3) is 0.524. The summed E-state index contributed by atoms with van der Waals surface area (Å²) >= 11 is 0. The summed E-state index contributed by atoms with van der Waals surface area (Å²) in [6.07, 6.45) is 3.50. The zero-order valence-electron chi connectivity index (χ0n) is 16.4. The van der Waals surface area contributed by atoms with Crippen LogP contribution in [0.2, 0.25) is 0 Å². The molecule has 2 N–H and O–H groups in total. The Kier molecular flexibility index (Phi) is 6.16. The molecule has 2 heterocycles. The molecule has 27 heavy (non-hydrogen) atoms. The van der Waals surface area contributed by atoms with E-state index in [2.05, 4.69) is 22.5 Å². The summed E-state index contributed by atoms with van der Waals surface area (Å²) in [5.41, 5.74) is 3.15. The van der Waals surface area contributed by atoms with Gasteiger partial charge in [0.15, 0.2) is 0 Å². The summed E-state index contributed by atoms with van der Waals surface area (Å²) in [5, 5.41) is 5.76. The minimum absolute atomic E-state index is 0.284. The number of hydrogen-bond donors (Lipinski definition) is 2. The normalized spacial score (nSPS) is 23.6. The van der Waals surface area contributed by atoms with Crippen LogP contribution in [0.1, 0.15) is 50.3 Å². The third kappa shape index (κ3) is 4.50. The van der Waals surface area contributed by atoms with Gasteiger partial charge in [-0.1, -0.05) is 36.2 Å². The van der Waals surface area contributed by atoms with Crippen molar-refractivity contribution in [3.63, 3.8) is 0 Å². The number of ether oxygens (including phenoxy) is 1. The van der Waals surface area contributed by atoms with Gasteiger partial charge >= 0.3 is 12.0 Å². The number of urea groups is 1. The smallest absolute Gasteiger partial charge is 0.338 e. The van der Waals surface area contributed by atoms with Crippen molar-refractivity contribution in [2.24, 2.45) is 0 Å². The summed E-state index contributed by atoms with van der Waals surface area (Å²) in [6, 6.07) is 7.51. The standard InChI is InChI=1S/C21H29N3O3/c1-4-27-20(25)18-17(13-24-12-6-5-7-15(24)3)22-21(26)23-19(18)16-10-8-14(2)9-11-16/h8-11,15,19H,4-7,12-13H2,1-3H3,(H2,22,23,26). The lowest BCUT2D eigenvalue weighted by Crippen LogP contribution is -2.50. The maximum Gasteiger partial charge on any atom is 0.338 e. The average molecular weight is 371 g/mol. The van der Waals surface area contributed by atoms with Crippen molar-refractivity contribution in [2.45, 2.75) is 52.1 Å². The molecular weight excluding hydrogens is 342 g/mol. The van der Waals surface area contributed by atoms with Gasteiger partial charge in [-0.3, -0.25) is 4.90 Å². The minimum atomic E-state index is -0.506. The average Bonchev–Trinajstić information content (AvgIpc) is 2.64. The first-order valence-corrected chi connectivity index (χ1v) is 9.78. The molecule has 0 aromatic heterocycles. The van der Waals surface area contributed by atoms with E-state index < -0.39 is 6.04 Å². The van der Waals surface area contributed by atoms with E-state index in [0.717, 1.165) is 30.5 Å². The molecular formula is C21H29N3O3. The van der Waals surface area contributed by atoms with Gasteiger partial charge in [-0.15, -0.1) is 0 Å². The van der Waals surface area contributed by atoms with Crippen LogP contribution < -0.4 is 10.6 Å². The molecule has 1 aromatic rings. The van der Waals surface area contributed by atoms with Crippen molar-refractivity contribution >= 4 is 12.0 Å². The van der Waals surface area contributed by atoms with Gasteiger partial charge in [0, 0.05) is 18.3 Å². The molecule has 1 aromatic carbocycles. The highest BCUT2D eigenvalue weighted by atomic mass is 16.5. The molecule has 2 amide bonds. The molecule has 146 valence electrons. The second-order valence-electron chi connectivity index (χ2n) is 7.37. The SMILES string of the molecule is CCOC(=O)C1=C(CN2CCCCC2C)NC(=O)NC1c1ccc(C)cc1. The predicted molar refractivity (Wildman–Crippen MR) is 104 cm³/mol. The molecule has 0 radical (unpaired) electrons. The number of aryl methyl sites for hydroxylation is 1. The molecule has 6 nitrogen and oxygen atoms in total. The number of rotatable bonds is 5. The fourth-order valence-electron chi connectivity index (χ4n) is 3.80. The van der Waals surface area contributed by atoms with Crippen LogP contribution in [0.3, 0.4) is 0 Å². The molecule has 1 saturated heterocycles. The Morgan fingerprint density at radius 2 is 2.00 bits per heavy atom. The fourth-order valence-corrected chi connectivity index (χ4v) is 3.80. The Hall–Kier alpha value is -2.34. The van der Waals surface area contributed by atoms with Gasteiger partial charge in [0.1, 0.15) is 0 Å². The zero-order valence-corrected chi connectivity index (χ0v) is 16.4. The second-order valence-corrected chi connectivity index (χ2v) is 7.37. The third-order valence-electron chi connectivity index (χ3n) is 5.36. The topological polar surface area (TPSA) is 70.7 Å². The monoisotopic (exact) mass is 371 g/mol. The largest absolute Gasteiger partial charge is 0.463 e. The Bertz CT molecular complexity index is 727. The summed E-state index contributed by atoms with van der Waals surface area (Å²) in [5.74, 6) is -0.379. The number of carbonyl (C=O) groups is 2. The van der Waals surface area contributed by atoms with Crippen LogP contribution in [-0.2, 0) is 9.53 Å². The van der Waals surface area contributed by atoms with E-state index in [1.165, 1.54) is 6.42 Å². The van der Waals surface area contributed by atoms with Gasteiger partial charge in [-0.2, -0.15) is 0 Å². The molecule has 0 aliphatic carbocycles. The lowest BCUT2D eigenvalue weighted by Gasteiger charge is -2.36. The molecule has 1 fully saturated rings. The highest BCUT2D eigenvalue weighted by Crippen LogP contribution is 2.29. The van der Waals surface area contributed by atoms with E-state index in [1.807, 2.05) is 31.2 Å². The van der Waals surface area contributed by atoms with Crippen LogP contribution in [-0.4, -0.2) is 42.6 Å². The van der Waals surface area contributed by atoms with Gasteiger partial charge in [0.05, 0.1) is 18.2 Å². The number of nitrogens with zero attached hydrogens (tertiary/aromatic N) is 1. The molecule has 0 bridgehead atoms. The van der Waals surface area contributed by atoms with Gasteiger partial charge in [0.25, 0.3) is 0 Å². The van der Waals surface area contributed by atoms with Gasteiger partial charge in [-0.25, -0.2) is 9.59 Å². The first-order chi connectivity index (χ1) is 13.0. The van der Waals surface area contributed by atoms with Crippen LogP contribution in [0.5, 0.6) is 0 Å². The lowest BCUT2D eigenvalue weighted by atomic mass is 9.93. The molecule has 2 atom stereocenters. The zero-order chi connectivity index (χ0) is 19.4. The van der Waals surface area contributed by atoms with E-state index in [0.29, 0.717) is 30.5 Å². The highest BCUT2D eigenvalue weighted by Gasteiger charge is 2.35. The van der Waals surface area contributed by atoms with Crippen LogP contribution in [0.25, 0.3) is 0 Å². The number of amides is 2. The molecule has 2 unspecified atom stereocenters. The minimum Gasteiger partial charge on any atom is -0.463 e. The summed E-state index contributed by atoms with van der Waals surface area (Å²) in [7, 11) is 0. The van der Waals surface area contributed by atoms with E-state index in [9.17, 15) is 9.59 Å². The Morgan fingerprint density at radius 3 is 2.67 bits per heavy atom. The van der Waals surface area contributed by atoms with Crippen molar-refractivity contribution in [1.82, 2.24) is 15.5 Å². The molecule has 3 rings (SSSR count). The molecule has 6 heteroatoms. The van der Waals surface area contributed by atoms with Crippen LogP contribution in [0.15, 0.2) is 35.5 Å². The Morgan fingerprint density at radius 1 is 1.26 bits per heavy atom. The Labute approximate surface area is 161 Å². The first-order valence-electron chi connectivity index (χ1n) is 9.78. The number of esters is 1. The highest BCUT2D eigenvalue weighted by molar-refractivity contribution is 5.95. The third-order valence-corrected chi connectivity index (χ3v) is 5.36. The van der Waals surface area contributed by atoms with E-state index in [1.54, 1.807) is 6.92 Å². The molecule has 0 spiro atoms. The number of hydrogen-bond acceptors (Lipinski definition) is 4. The van der Waals surface area contributed by atoms with Crippen molar-refractivity contribution in [2.75, 3.05) is 19.7 Å². The van der Waals surface area contributed by atoms with E-state index in [-0.39, 0.29) is 12.0 Å². The quantitative estimate of drug-likeness (QED) is 0.781. The maximum absolute atomic E-state index is 12.8. The second kappa shape index (κ2) is 8.57. The Balaban J connectivity index is 1.98. The summed E-state index contributed by atoms with van der Waals surface area (Å²) in [6.45, 7) is 7.81. The number of carbonyl (C=O) groups excluding carboxylic acids is 2. The molecule has 2 aliphatic rings. The lowest BCUT2D eigenvalue weighted by molar-refractivity contribution is -0.139. The number of nitrogens with one attached hydrogen (secondary N) is 2. The first kappa shape index (κ1) is 19.4. The van der Waals surface area contributed by atoms with Gasteiger partial charge in [0.2, 0.25) is 0 Å². The van der Waals surface area contributed by atoms with Crippen LogP contribution >= 0.6 is 0 Å². The van der Waals surface area contributed by atoms with Crippen molar-refractivity contribution in [1.29, 1.82) is 0 Å². The number of piperidine rings is 1. The van der Waals surface area contributed by atoms with Crippen molar-refractivity contribution in [3.8, 4) is 0 Å². The number of benzene rings is 1.